The highest BCUT2D eigenvalue weighted by molar-refractivity contribution is 6.35. The smallest absolute Gasteiger partial charge is 0.315 e. The maximum Gasteiger partial charge on any atom is 0.315 e. The lowest BCUT2D eigenvalue weighted by Crippen LogP contribution is -2.11. The van der Waals surface area contributed by atoms with E-state index in [0.717, 1.165) is 16.3 Å². The molecular formula is C20H17ClO2. The molecule has 0 fully saturated rings. The first-order valence-corrected chi connectivity index (χ1v) is 7.86. The van der Waals surface area contributed by atoms with Crippen LogP contribution in [0.1, 0.15) is 16.7 Å². The fraction of sp³-hybridized carbons (Fsp3) is 0.150. The lowest BCUT2D eigenvalue weighted by molar-refractivity contribution is -0.133. The summed E-state index contributed by atoms with van der Waals surface area (Å²) < 4.78 is 5.56. The van der Waals surface area contributed by atoms with E-state index in [1.165, 1.54) is 11.1 Å². The molecule has 3 rings (SSSR count). The van der Waals surface area contributed by atoms with E-state index in [1.807, 2.05) is 49.4 Å². The molecule has 3 heteroatoms. The van der Waals surface area contributed by atoms with Crippen molar-refractivity contribution in [2.45, 2.75) is 20.3 Å². The second-order valence-electron chi connectivity index (χ2n) is 5.66. The zero-order chi connectivity index (χ0) is 16.4. The maximum atomic E-state index is 12.3. The molecule has 0 bridgehead atoms. The van der Waals surface area contributed by atoms with Crippen LogP contribution in [0.4, 0.5) is 0 Å². The lowest BCUT2D eigenvalue weighted by Gasteiger charge is -2.09. The Bertz CT molecular complexity index is 884. The molecule has 0 aliphatic rings. The zero-order valence-corrected chi connectivity index (χ0v) is 13.9. The normalized spacial score (nSPS) is 10.7. The fourth-order valence-corrected chi connectivity index (χ4v) is 2.79. The van der Waals surface area contributed by atoms with Gasteiger partial charge in [0, 0.05) is 15.8 Å². The Morgan fingerprint density at radius 1 is 0.957 bits per heavy atom. The number of carbonyl (C=O) groups excluding carboxylic acids is 1. The van der Waals surface area contributed by atoms with Gasteiger partial charge < -0.3 is 4.74 Å². The number of benzene rings is 3. The topological polar surface area (TPSA) is 26.3 Å². The van der Waals surface area contributed by atoms with Gasteiger partial charge in [-0.05, 0) is 42.7 Å². The van der Waals surface area contributed by atoms with Crippen molar-refractivity contribution in [2.24, 2.45) is 0 Å². The lowest BCUT2D eigenvalue weighted by atomic mass is 10.0. The van der Waals surface area contributed by atoms with E-state index in [1.54, 1.807) is 12.1 Å². The maximum absolute atomic E-state index is 12.3. The number of hydrogen-bond donors (Lipinski definition) is 0. The van der Waals surface area contributed by atoms with Crippen LogP contribution in [0, 0.1) is 13.8 Å². The van der Waals surface area contributed by atoms with Crippen molar-refractivity contribution in [1.29, 1.82) is 0 Å². The molecule has 23 heavy (non-hydrogen) atoms. The summed E-state index contributed by atoms with van der Waals surface area (Å²) in [4.78, 5) is 12.3. The van der Waals surface area contributed by atoms with Crippen LogP contribution in [0.5, 0.6) is 5.75 Å². The zero-order valence-electron chi connectivity index (χ0n) is 13.1. The molecule has 3 aromatic rings. The van der Waals surface area contributed by atoms with E-state index in [2.05, 4.69) is 6.92 Å². The number of fused-ring (bicyclic) bond motifs is 1. The van der Waals surface area contributed by atoms with E-state index < -0.39 is 0 Å². The third-order valence-corrected chi connectivity index (χ3v) is 4.30. The average Bonchev–Trinajstić information content (AvgIpc) is 2.54. The number of aryl methyl sites for hydroxylation is 2. The summed E-state index contributed by atoms with van der Waals surface area (Å²) >= 11 is 6.19. The second-order valence-corrected chi connectivity index (χ2v) is 6.07. The predicted molar refractivity (Wildman–Crippen MR) is 94.2 cm³/mol. The van der Waals surface area contributed by atoms with Gasteiger partial charge in [0.2, 0.25) is 0 Å². The Labute approximate surface area is 140 Å². The third-order valence-electron chi connectivity index (χ3n) is 3.97. The molecule has 0 amide bonds. The Morgan fingerprint density at radius 2 is 1.70 bits per heavy atom. The van der Waals surface area contributed by atoms with Gasteiger partial charge in [-0.25, -0.2) is 0 Å². The Balaban J connectivity index is 1.83. The van der Waals surface area contributed by atoms with Gasteiger partial charge in [0.05, 0.1) is 6.42 Å². The first-order valence-electron chi connectivity index (χ1n) is 7.48. The summed E-state index contributed by atoms with van der Waals surface area (Å²) in [6.45, 7) is 4.09. The Hall–Kier alpha value is -2.32. The van der Waals surface area contributed by atoms with Crippen LogP contribution in [0.2, 0.25) is 5.02 Å². The van der Waals surface area contributed by atoms with Gasteiger partial charge in [-0.1, -0.05) is 54.1 Å². The van der Waals surface area contributed by atoms with Crippen LogP contribution in [-0.4, -0.2) is 5.97 Å². The van der Waals surface area contributed by atoms with Gasteiger partial charge in [-0.2, -0.15) is 0 Å². The van der Waals surface area contributed by atoms with Crippen LogP contribution in [0.3, 0.4) is 0 Å². The number of esters is 1. The van der Waals surface area contributed by atoms with E-state index in [0.29, 0.717) is 10.8 Å². The van der Waals surface area contributed by atoms with Crippen molar-refractivity contribution in [3.63, 3.8) is 0 Å². The van der Waals surface area contributed by atoms with E-state index in [4.69, 9.17) is 16.3 Å². The van der Waals surface area contributed by atoms with Gasteiger partial charge in [-0.15, -0.1) is 0 Å². The summed E-state index contributed by atoms with van der Waals surface area (Å²) in [7, 11) is 0. The molecule has 0 heterocycles. The molecule has 0 saturated heterocycles. The van der Waals surface area contributed by atoms with E-state index >= 15 is 0 Å². The molecule has 2 nitrogen and oxygen atoms in total. The van der Waals surface area contributed by atoms with E-state index in [9.17, 15) is 4.79 Å². The standard InChI is InChI=1S/C20H17ClO2/c1-13-7-8-15(11-14(13)2)12-20(22)23-19-10-9-18(21)16-5-3-4-6-17(16)19/h3-11H,12H2,1-2H3. The van der Waals surface area contributed by atoms with Crippen LogP contribution >= 0.6 is 11.6 Å². The molecule has 0 atom stereocenters. The molecule has 3 aromatic carbocycles. The minimum absolute atomic E-state index is 0.248. The summed E-state index contributed by atoms with van der Waals surface area (Å²) in [6, 6.07) is 17.1. The summed E-state index contributed by atoms with van der Waals surface area (Å²) in [5.74, 6) is 0.263. The van der Waals surface area contributed by atoms with Gasteiger partial charge in [0.25, 0.3) is 0 Å². The number of rotatable bonds is 3. The third kappa shape index (κ3) is 3.38. The van der Waals surface area contributed by atoms with Crippen molar-refractivity contribution in [3.8, 4) is 5.75 Å². The van der Waals surface area contributed by atoms with Gasteiger partial charge >= 0.3 is 5.97 Å². The second kappa shape index (κ2) is 6.43. The van der Waals surface area contributed by atoms with Crippen LogP contribution < -0.4 is 4.74 Å². The molecule has 0 aromatic heterocycles. The number of hydrogen-bond acceptors (Lipinski definition) is 2. The minimum atomic E-state index is -0.277. The van der Waals surface area contributed by atoms with Gasteiger partial charge in [-0.3, -0.25) is 4.79 Å². The fourth-order valence-electron chi connectivity index (χ4n) is 2.56. The highest BCUT2D eigenvalue weighted by Crippen LogP contribution is 2.31. The molecule has 0 N–H and O–H groups in total. The Kier molecular flexibility index (Phi) is 4.35. The number of halogens is 1. The SMILES string of the molecule is Cc1ccc(CC(=O)Oc2ccc(Cl)c3ccccc23)cc1C. The van der Waals surface area contributed by atoms with Crippen molar-refractivity contribution >= 4 is 28.3 Å². The molecule has 0 radical (unpaired) electrons. The van der Waals surface area contributed by atoms with Gasteiger partial charge in [0.15, 0.2) is 0 Å². The van der Waals surface area contributed by atoms with Crippen LogP contribution in [-0.2, 0) is 11.2 Å². The number of ether oxygens (including phenoxy) is 1. The largest absolute Gasteiger partial charge is 0.426 e. The Morgan fingerprint density at radius 3 is 2.43 bits per heavy atom. The molecule has 116 valence electrons. The van der Waals surface area contributed by atoms with Crippen molar-refractivity contribution < 1.29 is 9.53 Å². The molecule has 0 spiro atoms. The molecule has 0 aliphatic carbocycles. The van der Waals surface area contributed by atoms with Gasteiger partial charge in [0.1, 0.15) is 5.75 Å². The van der Waals surface area contributed by atoms with Crippen molar-refractivity contribution in [1.82, 2.24) is 0 Å². The van der Waals surface area contributed by atoms with Crippen LogP contribution in [0.15, 0.2) is 54.6 Å². The molecule has 0 unspecified atom stereocenters. The predicted octanol–water partition coefficient (Wildman–Crippen LogP) is 5.26. The first-order chi connectivity index (χ1) is 11.0. The molecular weight excluding hydrogens is 308 g/mol. The monoisotopic (exact) mass is 324 g/mol. The summed E-state index contributed by atoms with van der Waals surface area (Å²) in [5, 5.41) is 2.37. The van der Waals surface area contributed by atoms with E-state index in [-0.39, 0.29) is 12.4 Å². The minimum Gasteiger partial charge on any atom is -0.426 e. The molecule has 0 saturated carbocycles. The number of carbonyl (C=O) groups is 1. The summed E-state index contributed by atoms with van der Waals surface area (Å²) in [6.07, 6.45) is 0.248. The van der Waals surface area contributed by atoms with Crippen molar-refractivity contribution in [2.75, 3.05) is 0 Å². The first kappa shape index (κ1) is 15.6. The quantitative estimate of drug-likeness (QED) is 0.485. The summed E-state index contributed by atoms with van der Waals surface area (Å²) in [5.41, 5.74) is 3.34. The highest BCUT2D eigenvalue weighted by Gasteiger charge is 2.11. The van der Waals surface area contributed by atoms with Crippen LogP contribution in [0.25, 0.3) is 10.8 Å². The molecule has 0 aliphatic heterocycles. The highest BCUT2D eigenvalue weighted by atomic mass is 35.5. The average molecular weight is 325 g/mol. The van der Waals surface area contributed by atoms with Crippen molar-refractivity contribution in [3.05, 3.63) is 76.3 Å².